The van der Waals surface area contributed by atoms with Crippen LogP contribution < -0.4 is 0 Å². The van der Waals surface area contributed by atoms with Crippen LogP contribution in [0.25, 0.3) is 0 Å². The number of hydrogen-bond acceptors (Lipinski definition) is 2. The van der Waals surface area contributed by atoms with Gasteiger partial charge in [0.15, 0.2) is 11.6 Å². The number of rotatable bonds is 3. The second-order valence-corrected chi connectivity index (χ2v) is 2.60. The molecule has 0 unspecified atom stereocenters. The van der Waals surface area contributed by atoms with Crippen molar-refractivity contribution in [3.05, 3.63) is 29.3 Å². The van der Waals surface area contributed by atoms with Crippen molar-refractivity contribution in [3.8, 4) is 5.75 Å². The lowest BCUT2D eigenvalue weighted by molar-refractivity contribution is -0.107. The van der Waals surface area contributed by atoms with E-state index in [1.807, 2.05) is 0 Å². The van der Waals surface area contributed by atoms with Gasteiger partial charge < -0.3 is 9.90 Å². The van der Waals surface area contributed by atoms with Gasteiger partial charge in [-0.25, -0.2) is 8.78 Å². The highest BCUT2D eigenvalue weighted by atomic mass is 19.1. The van der Waals surface area contributed by atoms with Crippen LogP contribution in [0.15, 0.2) is 12.1 Å². The Hall–Kier alpha value is -1.45. The van der Waals surface area contributed by atoms with E-state index in [1.165, 1.54) is 0 Å². The molecule has 0 spiro atoms. The molecule has 0 aliphatic rings. The number of aryl methyl sites for hydroxylation is 1. The predicted molar refractivity (Wildman–Crippen MR) is 42.4 cm³/mol. The van der Waals surface area contributed by atoms with Crippen LogP contribution in [-0.2, 0) is 11.2 Å². The fraction of sp³-hybridized carbons (Fsp3) is 0.222. The van der Waals surface area contributed by atoms with Gasteiger partial charge in [-0.15, -0.1) is 0 Å². The standard InChI is InChI=1S/C9H8F2O2/c10-7-4-6(2-1-3-12)9(13)8(11)5-7/h3-5,13H,1-2H2. The van der Waals surface area contributed by atoms with Crippen LogP contribution in [0.2, 0.25) is 0 Å². The minimum absolute atomic E-state index is 0.115. The lowest BCUT2D eigenvalue weighted by atomic mass is 10.1. The first-order chi connectivity index (χ1) is 6.15. The second kappa shape index (κ2) is 3.98. The summed E-state index contributed by atoms with van der Waals surface area (Å²) in [6, 6.07) is 1.61. The van der Waals surface area contributed by atoms with Gasteiger partial charge in [0.25, 0.3) is 0 Å². The molecule has 0 atom stereocenters. The van der Waals surface area contributed by atoms with Crippen LogP contribution in [0.5, 0.6) is 5.75 Å². The number of hydrogen-bond donors (Lipinski definition) is 1. The van der Waals surface area contributed by atoms with Crippen molar-refractivity contribution in [2.24, 2.45) is 0 Å². The van der Waals surface area contributed by atoms with Crippen molar-refractivity contribution in [1.82, 2.24) is 0 Å². The Morgan fingerprint density at radius 3 is 2.69 bits per heavy atom. The molecule has 0 fully saturated rings. The number of benzene rings is 1. The highest BCUT2D eigenvalue weighted by Gasteiger charge is 2.09. The molecule has 0 bridgehead atoms. The van der Waals surface area contributed by atoms with Crippen LogP contribution in [-0.4, -0.2) is 11.4 Å². The largest absolute Gasteiger partial charge is 0.505 e. The number of halogens is 2. The molecule has 0 amide bonds. The van der Waals surface area contributed by atoms with Crippen molar-refractivity contribution in [3.63, 3.8) is 0 Å². The Bertz CT molecular complexity index is 324. The highest BCUT2D eigenvalue weighted by Crippen LogP contribution is 2.23. The van der Waals surface area contributed by atoms with E-state index >= 15 is 0 Å². The van der Waals surface area contributed by atoms with Gasteiger partial charge in [-0.05, 0) is 12.5 Å². The molecule has 0 saturated carbocycles. The quantitative estimate of drug-likeness (QED) is 0.731. The third-order valence-corrected chi connectivity index (χ3v) is 1.64. The van der Waals surface area contributed by atoms with Crippen LogP contribution >= 0.6 is 0 Å². The maximum Gasteiger partial charge on any atom is 0.168 e. The van der Waals surface area contributed by atoms with E-state index < -0.39 is 17.4 Å². The van der Waals surface area contributed by atoms with E-state index in [0.717, 1.165) is 6.07 Å². The fourth-order valence-electron chi connectivity index (χ4n) is 1.02. The zero-order valence-electron chi connectivity index (χ0n) is 6.76. The molecule has 1 rings (SSSR count). The average Bonchev–Trinajstić information content (AvgIpc) is 2.09. The van der Waals surface area contributed by atoms with Gasteiger partial charge in [0.05, 0.1) is 0 Å². The Balaban J connectivity index is 2.98. The molecule has 0 aromatic heterocycles. The van der Waals surface area contributed by atoms with E-state index in [2.05, 4.69) is 0 Å². The minimum atomic E-state index is -0.999. The lowest BCUT2D eigenvalue weighted by Gasteiger charge is -2.03. The van der Waals surface area contributed by atoms with Crippen molar-refractivity contribution < 1.29 is 18.7 Å². The predicted octanol–water partition coefficient (Wildman–Crippen LogP) is 1.80. The van der Waals surface area contributed by atoms with Gasteiger partial charge in [-0.1, -0.05) is 0 Å². The fourth-order valence-corrected chi connectivity index (χ4v) is 1.02. The molecule has 1 N–H and O–H groups in total. The maximum absolute atomic E-state index is 12.7. The summed E-state index contributed by atoms with van der Waals surface area (Å²) in [7, 11) is 0. The first-order valence-electron chi connectivity index (χ1n) is 3.75. The van der Waals surface area contributed by atoms with Crippen molar-refractivity contribution in [2.45, 2.75) is 12.8 Å². The molecule has 4 heteroatoms. The summed E-state index contributed by atoms with van der Waals surface area (Å²) in [5, 5.41) is 9.09. The molecular weight excluding hydrogens is 178 g/mol. The zero-order valence-corrected chi connectivity index (χ0v) is 6.76. The summed E-state index contributed by atoms with van der Waals surface area (Å²) in [6.07, 6.45) is 0.905. The molecule has 13 heavy (non-hydrogen) atoms. The molecule has 0 aliphatic heterocycles. The number of carbonyl (C=O) groups is 1. The topological polar surface area (TPSA) is 37.3 Å². The Morgan fingerprint density at radius 2 is 2.08 bits per heavy atom. The molecule has 0 saturated heterocycles. The van der Waals surface area contributed by atoms with Crippen molar-refractivity contribution in [2.75, 3.05) is 0 Å². The lowest BCUT2D eigenvalue weighted by Crippen LogP contribution is -1.91. The summed E-state index contributed by atoms with van der Waals surface area (Å²) in [6.45, 7) is 0. The number of carbonyl (C=O) groups excluding carboxylic acids is 1. The van der Waals surface area contributed by atoms with Gasteiger partial charge in [0, 0.05) is 18.1 Å². The SMILES string of the molecule is O=CCCc1cc(F)cc(F)c1O. The molecule has 2 nitrogen and oxygen atoms in total. The maximum atomic E-state index is 12.7. The second-order valence-electron chi connectivity index (χ2n) is 2.60. The van der Waals surface area contributed by atoms with Gasteiger partial charge in [0.2, 0.25) is 0 Å². The Morgan fingerprint density at radius 1 is 1.38 bits per heavy atom. The van der Waals surface area contributed by atoms with Gasteiger partial charge in [-0.3, -0.25) is 0 Å². The average molecular weight is 186 g/mol. The number of aromatic hydroxyl groups is 1. The summed E-state index contributed by atoms with van der Waals surface area (Å²) in [5.74, 6) is -2.33. The van der Waals surface area contributed by atoms with Gasteiger partial charge in [0.1, 0.15) is 12.1 Å². The van der Waals surface area contributed by atoms with E-state index in [4.69, 9.17) is 5.11 Å². The monoisotopic (exact) mass is 186 g/mol. The summed E-state index contributed by atoms with van der Waals surface area (Å²) < 4.78 is 25.3. The van der Waals surface area contributed by atoms with Crippen molar-refractivity contribution in [1.29, 1.82) is 0 Å². The van der Waals surface area contributed by atoms with Crippen LogP contribution in [0, 0.1) is 11.6 Å². The van der Waals surface area contributed by atoms with E-state index in [9.17, 15) is 13.6 Å². The third-order valence-electron chi connectivity index (χ3n) is 1.64. The summed E-state index contributed by atoms with van der Waals surface area (Å²) in [4.78, 5) is 9.99. The Kier molecular flexibility index (Phi) is 2.95. The van der Waals surface area contributed by atoms with E-state index in [0.29, 0.717) is 12.4 Å². The van der Waals surface area contributed by atoms with Gasteiger partial charge in [-0.2, -0.15) is 0 Å². The third kappa shape index (κ3) is 2.24. The van der Waals surface area contributed by atoms with Crippen LogP contribution in [0.1, 0.15) is 12.0 Å². The molecule has 1 aromatic rings. The van der Waals surface area contributed by atoms with E-state index in [1.54, 1.807) is 0 Å². The number of aldehydes is 1. The van der Waals surface area contributed by atoms with Gasteiger partial charge >= 0.3 is 0 Å². The first kappa shape index (κ1) is 9.64. The molecule has 0 heterocycles. The molecule has 0 aliphatic carbocycles. The number of phenols is 1. The summed E-state index contributed by atoms with van der Waals surface area (Å²) >= 11 is 0. The highest BCUT2D eigenvalue weighted by molar-refractivity contribution is 5.50. The Labute approximate surface area is 73.8 Å². The van der Waals surface area contributed by atoms with Crippen LogP contribution in [0.4, 0.5) is 8.78 Å². The van der Waals surface area contributed by atoms with Crippen molar-refractivity contribution >= 4 is 6.29 Å². The molecule has 0 radical (unpaired) electrons. The van der Waals surface area contributed by atoms with E-state index in [-0.39, 0.29) is 18.4 Å². The summed E-state index contributed by atoms with van der Waals surface area (Å²) in [5.41, 5.74) is 0.115. The zero-order chi connectivity index (χ0) is 9.84. The molecular formula is C9H8F2O2. The number of phenolic OH excluding ortho intramolecular Hbond substituents is 1. The smallest absolute Gasteiger partial charge is 0.168 e. The first-order valence-corrected chi connectivity index (χ1v) is 3.75. The van der Waals surface area contributed by atoms with Crippen LogP contribution in [0.3, 0.4) is 0 Å². The molecule has 70 valence electrons. The molecule has 1 aromatic carbocycles. The normalized spacial score (nSPS) is 10.0. The minimum Gasteiger partial charge on any atom is -0.505 e.